The summed E-state index contributed by atoms with van der Waals surface area (Å²) in [4.78, 5) is 21.3. The van der Waals surface area contributed by atoms with E-state index >= 15 is 0 Å². The second-order valence-electron chi connectivity index (χ2n) is 5.69. The molecule has 144 valence electrons. The van der Waals surface area contributed by atoms with Crippen LogP contribution >= 0.6 is 0 Å². The van der Waals surface area contributed by atoms with E-state index in [-0.39, 0.29) is 5.96 Å². The number of carbonyl (C=O) groups excluding carboxylic acids is 1. The molecule has 1 aromatic heterocycles. The predicted octanol–water partition coefficient (Wildman–Crippen LogP) is 2.64. The molecule has 1 heterocycles. The summed E-state index contributed by atoms with van der Waals surface area (Å²) < 4.78 is 16.2. The molecule has 8 heteroatoms. The highest BCUT2D eigenvalue weighted by molar-refractivity contribution is 6.13. The molecular formula is C20H20N4O4. The number of hydrogen-bond acceptors (Lipinski definition) is 6. The zero-order valence-electron chi connectivity index (χ0n) is 15.7. The van der Waals surface area contributed by atoms with Crippen LogP contribution in [0.4, 0.5) is 5.69 Å². The van der Waals surface area contributed by atoms with Gasteiger partial charge in [-0.3, -0.25) is 15.1 Å². The smallest absolute Gasteiger partial charge is 0.258 e. The third kappa shape index (κ3) is 3.66. The van der Waals surface area contributed by atoms with E-state index < -0.39 is 5.91 Å². The lowest BCUT2D eigenvalue weighted by atomic mass is 10.1. The molecule has 0 atom stereocenters. The molecule has 0 radical (unpaired) electrons. The van der Waals surface area contributed by atoms with Gasteiger partial charge in [0.25, 0.3) is 5.91 Å². The Kier molecular flexibility index (Phi) is 5.59. The average molecular weight is 380 g/mol. The molecule has 0 aliphatic heterocycles. The molecule has 28 heavy (non-hydrogen) atoms. The fourth-order valence-electron chi connectivity index (χ4n) is 2.80. The average Bonchev–Trinajstić information content (AvgIpc) is 2.72. The highest BCUT2D eigenvalue weighted by Gasteiger charge is 2.21. The minimum Gasteiger partial charge on any atom is -0.493 e. The Morgan fingerprint density at radius 1 is 1.04 bits per heavy atom. The van der Waals surface area contributed by atoms with E-state index in [1.807, 2.05) is 18.2 Å². The Hall–Kier alpha value is -3.81. The number of pyridine rings is 1. The normalized spacial score (nSPS) is 11.2. The highest BCUT2D eigenvalue weighted by Crippen LogP contribution is 2.43. The van der Waals surface area contributed by atoms with E-state index in [0.717, 1.165) is 0 Å². The number of fused-ring (bicyclic) bond motifs is 1. The molecular weight excluding hydrogens is 360 g/mol. The van der Waals surface area contributed by atoms with Crippen molar-refractivity contribution in [2.75, 3.05) is 21.3 Å². The van der Waals surface area contributed by atoms with Gasteiger partial charge in [-0.05, 0) is 24.3 Å². The van der Waals surface area contributed by atoms with Crippen molar-refractivity contribution in [3.05, 3.63) is 54.2 Å². The highest BCUT2D eigenvalue weighted by atomic mass is 16.5. The Bertz CT molecular complexity index is 1040. The van der Waals surface area contributed by atoms with E-state index in [2.05, 4.69) is 15.3 Å². The zero-order valence-corrected chi connectivity index (χ0v) is 15.7. The summed E-state index contributed by atoms with van der Waals surface area (Å²) >= 11 is 0. The number of nitrogens with one attached hydrogen (secondary N) is 1. The third-order valence-electron chi connectivity index (χ3n) is 4.03. The fourth-order valence-corrected chi connectivity index (χ4v) is 2.80. The van der Waals surface area contributed by atoms with Crippen molar-refractivity contribution >= 4 is 28.5 Å². The number of guanidine groups is 1. The Morgan fingerprint density at radius 2 is 1.75 bits per heavy atom. The van der Waals surface area contributed by atoms with Gasteiger partial charge in [0.05, 0.1) is 32.6 Å². The molecule has 0 aliphatic carbocycles. The van der Waals surface area contributed by atoms with E-state index in [1.54, 1.807) is 24.3 Å². The number of nitrogens with zero attached hydrogens (tertiary/aromatic N) is 2. The number of methoxy groups -OCH3 is 3. The first-order chi connectivity index (χ1) is 13.6. The lowest BCUT2D eigenvalue weighted by Crippen LogP contribution is -2.36. The number of amides is 1. The van der Waals surface area contributed by atoms with Crippen LogP contribution in [-0.4, -0.2) is 38.2 Å². The van der Waals surface area contributed by atoms with Crippen LogP contribution in [-0.2, 0) is 0 Å². The maximum absolute atomic E-state index is 12.8. The van der Waals surface area contributed by atoms with Crippen molar-refractivity contribution in [1.82, 2.24) is 10.3 Å². The molecule has 3 aromatic rings. The lowest BCUT2D eigenvalue weighted by molar-refractivity contribution is 0.0978. The van der Waals surface area contributed by atoms with Gasteiger partial charge in [-0.2, -0.15) is 0 Å². The standard InChI is InChI=1S/C20H20N4O4/c1-26-15-11-14-13(9-10-22-16(14)18(28-3)17(15)27-2)19(25)24-20(21)23-12-7-5-4-6-8-12/h4-11H,1-3H3,(H3,21,23,24,25). The molecule has 1 amide bonds. The molecule has 0 bridgehead atoms. The van der Waals surface area contributed by atoms with E-state index in [4.69, 9.17) is 19.9 Å². The van der Waals surface area contributed by atoms with E-state index in [1.165, 1.54) is 27.5 Å². The first-order valence-corrected chi connectivity index (χ1v) is 8.37. The summed E-state index contributed by atoms with van der Waals surface area (Å²) in [7, 11) is 4.50. The fraction of sp³-hybridized carbons (Fsp3) is 0.150. The number of aliphatic imine (C=N–C) groups is 1. The number of rotatable bonds is 5. The molecule has 0 aliphatic rings. The Labute approximate surface area is 162 Å². The van der Waals surface area contributed by atoms with Crippen LogP contribution in [0.15, 0.2) is 53.7 Å². The van der Waals surface area contributed by atoms with E-state index in [9.17, 15) is 4.79 Å². The minimum atomic E-state index is -0.432. The molecule has 8 nitrogen and oxygen atoms in total. The van der Waals surface area contributed by atoms with Crippen molar-refractivity contribution in [2.45, 2.75) is 0 Å². The van der Waals surface area contributed by atoms with Gasteiger partial charge in [-0.25, -0.2) is 4.99 Å². The van der Waals surface area contributed by atoms with Crippen molar-refractivity contribution in [3.63, 3.8) is 0 Å². The number of para-hydroxylation sites is 1. The molecule has 0 saturated heterocycles. The second kappa shape index (κ2) is 8.26. The van der Waals surface area contributed by atoms with Gasteiger partial charge in [0.15, 0.2) is 11.5 Å². The van der Waals surface area contributed by atoms with Gasteiger partial charge < -0.3 is 19.9 Å². The maximum atomic E-state index is 12.8. The summed E-state index contributed by atoms with van der Waals surface area (Å²) in [5.41, 5.74) is 7.32. The number of aromatic nitrogens is 1. The first kappa shape index (κ1) is 19.0. The van der Waals surface area contributed by atoms with Crippen LogP contribution < -0.4 is 25.3 Å². The predicted molar refractivity (Wildman–Crippen MR) is 107 cm³/mol. The molecule has 2 aromatic carbocycles. The van der Waals surface area contributed by atoms with Crippen molar-refractivity contribution in [3.8, 4) is 17.2 Å². The lowest BCUT2D eigenvalue weighted by Gasteiger charge is -2.15. The maximum Gasteiger partial charge on any atom is 0.258 e. The topological polar surface area (TPSA) is 108 Å². The quantitative estimate of drug-likeness (QED) is 0.520. The summed E-state index contributed by atoms with van der Waals surface area (Å²) in [6, 6.07) is 12.3. The molecule has 0 spiro atoms. The Morgan fingerprint density at radius 3 is 2.39 bits per heavy atom. The van der Waals surface area contributed by atoms with Gasteiger partial charge >= 0.3 is 0 Å². The minimum absolute atomic E-state index is 0.0198. The molecule has 0 saturated carbocycles. The third-order valence-corrected chi connectivity index (χ3v) is 4.03. The van der Waals surface area contributed by atoms with Gasteiger partial charge in [0.1, 0.15) is 5.52 Å². The number of ether oxygens (including phenoxy) is 3. The van der Waals surface area contributed by atoms with Crippen molar-refractivity contribution in [2.24, 2.45) is 10.7 Å². The number of hydrogen-bond donors (Lipinski definition) is 2. The van der Waals surface area contributed by atoms with Gasteiger partial charge in [0, 0.05) is 11.6 Å². The van der Waals surface area contributed by atoms with Crippen LogP contribution in [0.25, 0.3) is 10.9 Å². The van der Waals surface area contributed by atoms with Crippen molar-refractivity contribution in [1.29, 1.82) is 0 Å². The zero-order chi connectivity index (χ0) is 20.1. The Balaban J connectivity index is 2.03. The molecule has 0 unspecified atom stereocenters. The largest absolute Gasteiger partial charge is 0.493 e. The summed E-state index contributed by atoms with van der Waals surface area (Å²) in [5, 5.41) is 3.12. The summed E-state index contributed by atoms with van der Waals surface area (Å²) in [6.07, 6.45) is 1.51. The van der Waals surface area contributed by atoms with E-state index in [0.29, 0.717) is 39.4 Å². The first-order valence-electron chi connectivity index (χ1n) is 8.37. The summed E-state index contributed by atoms with van der Waals surface area (Å²) in [5.74, 6) is 0.734. The second-order valence-corrected chi connectivity index (χ2v) is 5.69. The number of nitrogens with two attached hydrogens (primary N) is 1. The summed E-state index contributed by atoms with van der Waals surface area (Å²) in [6.45, 7) is 0. The van der Waals surface area contributed by atoms with Crippen LogP contribution in [0.3, 0.4) is 0 Å². The molecule has 3 rings (SSSR count). The molecule has 3 N–H and O–H groups in total. The van der Waals surface area contributed by atoms with Gasteiger partial charge in [-0.1, -0.05) is 18.2 Å². The molecule has 0 fully saturated rings. The van der Waals surface area contributed by atoms with Crippen LogP contribution in [0.1, 0.15) is 10.4 Å². The number of carbonyl (C=O) groups is 1. The van der Waals surface area contributed by atoms with Crippen LogP contribution in [0.5, 0.6) is 17.2 Å². The van der Waals surface area contributed by atoms with Crippen LogP contribution in [0.2, 0.25) is 0 Å². The van der Waals surface area contributed by atoms with Crippen LogP contribution in [0, 0.1) is 0 Å². The monoisotopic (exact) mass is 380 g/mol. The number of benzene rings is 2. The van der Waals surface area contributed by atoms with Crippen molar-refractivity contribution < 1.29 is 19.0 Å². The van der Waals surface area contributed by atoms with Gasteiger partial charge in [0.2, 0.25) is 11.7 Å². The SMILES string of the molecule is COc1cc2c(C(=O)NC(N)=Nc3ccccc3)ccnc2c(OC)c1OC. The van der Waals surface area contributed by atoms with Gasteiger partial charge in [-0.15, -0.1) is 0 Å².